The van der Waals surface area contributed by atoms with Crippen LogP contribution in [0.3, 0.4) is 0 Å². The van der Waals surface area contributed by atoms with Crippen LogP contribution < -0.4 is 0 Å². The minimum Gasteiger partial charge on any atom is -0.480 e. The van der Waals surface area contributed by atoms with E-state index in [2.05, 4.69) is 9.97 Å². The van der Waals surface area contributed by atoms with E-state index >= 15 is 0 Å². The molecule has 118 valence electrons. The molecule has 0 saturated heterocycles. The number of aryl methyl sites for hydroxylation is 2. The first-order valence-electron chi connectivity index (χ1n) is 7.42. The van der Waals surface area contributed by atoms with Crippen LogP contribution in [0.1, 0.15) is 16.7 Å². The van der Waals surface area contributed by atoms with Gasteiger partial charge in [-0.2, -0.15) is 0 Å². The third-order valence-corrected chi connectivity index (χ3v) is 4.76. The quantitative estimate of drug-likeness (QED) is 0.696. The zero-order valence-corrected chi connectivity index (χ0v) is 13.9. The van der Waals surface area contributed by atoms with E-state index in [0.29, 0.717) is 11.6 Å². The van der Waals surface area contributed by atoms with E-state index in [0.717, 1.165) is 22.2 Å². The molecule has 0 saturated carbocycles. The number of benzene rings is 2. The van der Waals surface area contributed by atoms with Crippen molar-refractivity contribution in [3.63, 3.8) is 0 Å². The molecule has 5 heteroatoms. The normalized spacial score (nSPS) is 12.4. The van der Waals surface area contributed by atoms with Gasteiger partial charge in [0.2, 0.25) is 0 Å². The second-order valence-corrected chi connectivity index (χ2v) is 6.89. The molecular weight excluding hydrogens is 308 g/mol. The molecule has 1 heterocycles. The predicted molar refractivity (Wildman–Crippen MR) is 93.0 cm³/mol. The van der Waals surface area contributed by atoms with Crippen LogP contribution >= 0.6 is 11.8 Å². The highest BCUT2D eigenvalue weighted by Gasteiger charge is 2.21. The lowest BCUT2D eigenvalue weighted by atomic mass is 10.1. The average molecular weight is 326 g/mol. The molecule has 23 heavy (non-hydrogen) atoms. The van der Waals surface area contributed by atoms with E-state index in [4.69, 9.17) is 0 Å². The third kappa shape index (κ3) is 3.74. The predicted octanol–water partition coefficient (Wildman–Crippen LogP) is 3.97. The van der Waals surface area contributed by atoms with Gasteiger partial charge < -0.3 is 10.1 Å². The van der Waals surface area contributed by atoms with Crippen LogP contribution in [-0.2, 0) is 11.2 Å². The lowest BCUT2D eigenvalue weighted by molar-refractivity contribution is -0.136. The van der Waals surface area contributed by atoms with Gasteiger partial charge in [-0.25, -0.2) is 4.98 Å². The van der Waals surface area contributed by atoms with E-state index in [1.165, 1.54) is 17.3 Å². The molecular formula is C18H18N2O2S. The molecule has 0 bridgehead atoms. The van der Waals surface area contributed by atoms with Crippen LogP contribution in [0.5, 0.6) is 0 Å². The lowest BCUT2D eigenvalue weighted by Gasteiger charge is -2.10. The number of nitrogens with one attached hydrogen (secondary N) is 1. The molecule has 2 aromatic carbocycles. The Labute approximate surface area is 139 Å². The Hall–Kier alpha value is -2.27. The summed E-state index contributed by atoms with van der Waals surface area (Å²) in [6.07, 6.45) is 0.469. The van der Waals surface area contributed by atoms with Gasteiger partial charge in [0.25, 0.3) is 0 Å². The van der Waals surface area contributed by atoms with E-state index in [9.17, 15) is 9.90 Å². The number of fused-ring (bicyclic) bond motifs is 1. The molecule has 0 aliphatic heterocycles. The van der Waals surface area contributed by atoms with Crippen LogP contribution in [0.25, 0.3) is 11.0 Å². The first kappa shape index (κ1) is 15.6. The molecule has 2 N–H and O–H groups in total. The van der Waals surface area contributed by atoms with Crippen molar-refractivity contribution in [1.29, 1.82) is 0 Å². The summed E-state index contributed by atoms with van der Waals surface area (Å²) in [5.41, 5.74) is 5.13. The van der Waals surface area contributed by atoms with E-state index in [1.54, 1.807) is 0 Å². The fourth-order valence-electron chi connectivity index (χ4n) is 2.41. The number of carboxylic acids is 1. The minimum absolute atomic E-state index is 0.469. The monoisotopic (exact) mass is 326 g/mol. The molecule has 1 atom stereocenters. The maximum Gasteiger partial charge on any atom is 0.317 e. The third-order valence-electron chi connectivity index (χ3n) is 3.69. The average Bonchev–Trinajstić information content (AvgIpc) is 2.90. The summed E-state index contributed by atoms with van der Waals surface area (Å²) in [5.74, 6) is -0.827. The summed E-state index contributed by atoms with van der Waals surface area (Å²) in [6.45, 7) is 4.04. The van der Waals surface area contributed by atoms with Gasteiger partial charge >= 0.3 is 5.97 Å². The van der Waals surface area contributed by atoms with Crippen molar-refractivity contribution in [2.75, 3.05) is 0 Å². The Morgan fingerprint density at radius 2 is 1.87 bits per heavy atom. The van der Waals surface area contributed by atoms with Crippen LogP contribution in [0.4, 0.5) is 0 Å². The summed E-state index contributed by atoms with van der Waals surface area (Å²) in [6, 6.07) is 13.9. The summed E-state index contributed by atoms with van der Waals surface area (Å²) < 4.78 is 0. The highest BCUT2D eigenvalue weighted by Crippen LogP contribution is 2.26. The Bertz CT molecular complexity index is 840. The number of rotatable bonds is 5. The molecule has 3 rings (SSSR count). The van der Waals surface area contributed by atoms with Gasteiger partial charge in [-0.15, -0.1) is 0 Å². The van der Waals surface area contributed by atoms with Crippen molar-refractivity contribution in [1.82, 2.24) is 9.97 Å². The number of carbonyl (C=O) groups is 1. The molecule has 4 nitrogen and oxygen atoms in total. The molecule has 0 radical (unpaired) electrons. The first-order valence-corrected chi connectivity index (χ1v) is 8.30. The summed E-state index contributed by atoms with van der Waals surface area (Å²) in [5, 5.41) is 9.58. The van der Waals surface area contributed by atoms with E-state index in [-0.39, 0.29) is 0 Å². The smallest absolute Gasteiger partial charge is 0.317 e. The number of aliphatic carboxylic acids is 1. The highest BCUT2D eigenvalue weighted by molar-refractivity contribution is 8.00. The van der Waals surface area contributed by atoms with Gasteiger partial charge in [0, 0.05) is 0 Å². The number of imidazole rings is 1. The number of thioether (sulfide) groups is 1. The fraction of sp³-hybridized carbons (Fsp3) is 0.222. The van der Waals surface area contributed by atoms with Crippen LogP contribution in [0.2, 0.25) is 0 Å². The van der Waals surface area contributed by atoms with Crippen molar-refractivity contribution < 1.29 is 9.90 Å². The number of hydrogen-bond donors (Lipinski definition) is 2. The van der Waals surface area contributed by atoms with Crippen molar-refractivity contribution in [2.45, 2.75) is 30.7 Å². The SMILES string of the molecule is Cc1ccc(CC(Sc2nc3ccc(C)cc3[nH]2)C(=O)O)cc1. The Kier molecular flexibility index (Phi) is 4.39. The van der Waals surface area contributed by atoms with Gasteiger partial charge in [0.15, 0.2) is 5.16 Å². The molecule has 0 amide bonds. The van der Waals surface area contributed by atoms with Gasteiger partial charge in [-0.3, -0.25) is 4.79 Å². The van der Waals surface area contributed by atoms with Crippen LogP contribution in [0, 0.1) is 13.8 Å². The van der Waals surface area contributed by atoms with Crippen molar-refractivity contribution in [3.05, 3.63) is 59.2 Å². The summed E-state index contributed by atoms with van der Waals surface area (Å²) in [4.78, 5) is 19.3. The summed E-state index contributed by atoms with van der Waals surface area (Å²) >= 11 is 1.26. The number of nitrogens with zero attached hydrogens (tertiary/aromatic N) is 1. The lowest BCUT2D eigenvalue weighted by Crippen LogP contribution is -2.19. The second kappa shape index (κ2) is 6.46. The van der Waals surface area contributed by atoms with Gasteiger partial charge in [0.05, 0.1) is 11.0 Å². The fourth-order valence-corrected chi connectivity index (χ4v) is 3.37. The molecule has 0 fully saturated rings. The van der Waals surface area contributed by atoms with E-state index in [1.807, 2.05) is 56.3 Å². The second-order valence-electron chi connectivity index (χ2n) is 5.70. The standard InChI is InChI=1S/C18H18N2O2S/c1-11-3-6-13(7-4-11)10-16(17(21)22)23-18-19-14-8-5-12(2)9-15(14)20-18/h3-9,16H,10H2,1-2H3,(H,19,20)(H,21,22). The maximum atomic E-state index is 11.6. The number of hydrogen-bond acceptors (Lipinski definition) is 3. The topological polar surface area (TPSA) is 66.0 Å². The van der Waals surface area contributed by atoms with Crippen molar-refractivity contribution >= 4 is 28.8 Å². The Morgan fingerprint density at radius 3 is 2.57 bits per heavy atom. The molecule has 0 spiro atoms. The number of aromatic amines is 1. The highest BCUT2D eigenvalue weighted by atomic mass is 32.2. The molecule has 1 aromatic heterocycles. The maximum absolute atomic E-state index is 11.6. The molecule has 0 aliphatic carbocycles. The van der Waals surface area contributed by atoms with Crippen molar-refractivity contribution in [3.8, 4) is 0 Å². The van der Waals surface area contributed by atoms with Crippen LogP contribution in [0.15, 0.2) is 47.6 Å². The molecule has 1 unspecified atom stereocenters. The van der Waals surface area contributed by atoms with Crippen molar-refractivity contribution in [2.24, 2.45) is 0 Å². The zero-order chi connectivity index (χ0) is 16.4. The van der Waals surface area contributed by atoms with E-state index < -0.39 is 11.2 Å². The van der Waals surface area contributed by atoms with Crippen LogP contribution in [-0.4, -0.2) is 26.3 Å². The Balaban J connectivity index is 1.80. The van der Waals surface area contributed by atoms with Gasteiger partial charge in [-0.1, -0.05) is 47.7 Å². The Morgan fingerprint density at radius 1 is 1.17 bits per heavy atom. The number of H-pyrrole nitrogens is 1. The largest absolute Gasteiger partial charge is 0.480 e. The molecule has 0 aliphatic rings. The first-order chi connectivity index (χ1) is 11.0. The minimum atomic E-state index is -0.827. The number of aromatic nitrogens is 2. The number of carboxylic acid groups (broad SMARTS) is 1. The van der Waals surface area contributed by atoms with Gasteiger partial charge in [-0.05, 0) is 43.5 Å². The van der Waals surface area contributed by atoms with Gasteiger partial charge in [0.1, 0.15) is 5.25 Å². The summed E-state index contributed by atoms with van der Waals surface area (Å²) in [7, 11) is 0. The molecule has 3 aromatic rings. The zero-order valence-electron chi connectivity index (χ0n) is 13.0.